The number of nitrogens with one attached hydrogen (secondary N) is 1. The number of H-pyrrole nitrogens is 1. The van der Waals surface area contributed by atoms with Gasteiger partial charge in [-0.1, -0.05) is 6.92 Å². The van der Waals surface area contributed by atoms with Gasteiger partial charge < -0.3 is 15.5 Å². The van der Waals surface area contributed by atoms with Crippen LogP contribution in [0.2, 0.25) is 0 Å². The topological polar surface area (TPSA) is 63.9 Å². The van der Waals surface area contributed by atoms with Crippen LogP contribution in [0.15, 0.2) is 42.7 Å². The van der Waals surface area contributed by atoms with Gasteiger partial charge in [0.05, 0.1) is 25.2 Å². The van der Waals surface area contributed by atoms with Crippen LogP contribution in [0.5, 0.6) is 5.75 Å². The number of hydrogen-bond donors (Lipinski definition) is 2. The van der Waals surface area contributed by atoms with E-state index in [0.717, 1.165) is 28.7 Å². The molecule has 0 bridgehead atoms. The molecule has 2 unspecified atom stereocenters. The molecule has 0 amide bonds. The van der Waals surface area contributed by atoms with Gasteiger partial charge in [0.2, 0.25) is 0 Å². The van der Waals surface area contributed by atoms with Crippen molar-refractivity contribution >= 4 is 10.9 Å². The third-order valence-corrected chi connectivity index (χ3v) is 5.08. The minimum absolute atomic E-state index is 0.0000609. The highest BCUT2D eigenvalue weighted by molar-refractivity contribution is 5.79. The molecule has 1 aromatic carbocycles. The Kier molecular flexibility index (Phi) is 5.84. The number of ether oxygens (including phenoxy) is 1. The maximum atomic E-state index is 13.9. The number of nitrogens with zero attached hydrogens (tertiary/aromatic N) is 1. The van der Waals surface area contributed by atoms with Crippen molar-refractivity contribution < 1.29 is 22.3 Å². The molecule has 29 heavy (non-hydrogen) atoms. The summed E-state index contributed by atoms with van der Waals surface area (Å²) in [6.07, 6.45) is -1.89. The molecule has 3 rings (SSSR count). The number of nitrogens with two attached hydrogens (primary N) is 1. The molecule has 0 spiro atoms. The Morgan fingerprint density at radius 3 is 2.62 bits per heavy atom. The molecule has 0 fully saturated rings. The van der Waals surface area contributed by atoms with Crippen LogP contribution in [0.4, 0.5) is 17.6 Å². The standard InChI is InChI=1S/C21H23F4N3O/c1-20(12-21(23,24)25,17-8-14(22)3-4-19(17)29-2)10-15(26)9-16-7-13-5-6-27-11-18(13)28-16/h3-8,11,15,28H,9-10,12,26H2,1-2H3. The molecule has 156 valence electrons. The first-order chi connectivity index (χ1) is 13.6. The molecule has 0 aliphatic carbocycles. The highest BCUT2D eigenvalue weighted by Gasteiger charge is 2.43. The second kappa shape index (κ2) is 8.02. The highest BCUT2D eigenvalue weighted by atomic mass is 19.4. The van der Waals surface area contributed by atoms with Crippen molar-refractivity contribution in [3.8, 4) is 5.75 Å². The lowest BCUT2D eigenvalue weighted by Crippen LogP contribution is -2.38. The molecule has 4 nitrogen and oxygen atoms in total. The Morgan fingerprint density at radius 2 is 1.97 bits per heavy atom. The largest absolute Gasteiger partial charge is 0.496 e. The highest BCUT2D eigenvalue weighted by Crippen LogP contribution is 2.43. The fourth-order valence-electron chi connectivity index (χ4n) is 3.95. The number of aromatic amines is 1. The van der Waals surface area contributed by atoms with E-state index in [0.29, 0.717) is 6.42 Å². The number of pyridine rings is 1. The smallest absolute Gasteiger partial charge is 0.389 e. The maximum absolute atomic E-state index is 13.9. The van der Waals surface area contributed by atoms with Crippen LogP contribution < -0.4 is 10.5 Å². The van der Waals surface area contributed by atoms with Crippen molar-refractivity contribution in [1.29, 1.82) is 0 Å². The first kappa shape index (κ1) is 21.1. The van der Waals surface area contributed by atoms with Crippen molar-refractivity contribution in [2.45, 2.75) is 43.8 Å². The van der Waals surface area contributed by atoms with Gasteiger partial charge in [-0.3, -0.25) is 4.98 Å². The summed E-state index contributed by atoms with van der Waals surface area (Å²) in [7, 11) is 1.35. The number of fused-ring (bicyclic) bond motifs is 1. The molecule has 3 aromatic rings. The maximum Gasteiger partial charge on any atom is 0.389 e. The minimum atomic E-state index is -4.45. The number of methoxy groups -OCH3 is 1. The monoisotopic (exact) mass is 409 g/mol. The lowest BCUT2D eigenvalue weighted by molar-refractivity contribution is -0.148. The fourth-order valence-corrected chi connectivity index (χ4v) is 3.95. The number of halogens is 4. The van der Waals surface area contributed by atoms with E-state index in [1.807, 2.05) is 12.1 Å². The van der Waals surface area contributed by atoms with Crippen LogP contribution >= 0.6 is 0 Å². The Labute approximate surface area is 166 Å². The van der Waals surface area contributed by atoms with Gasteiger partial charge in [-0.05, 0) is 36.8 Å². The molecular weight excluding hydrogens is 386 g/mol. The van der Waals surface area contributed by atoms with Gasteiger partial charge in [-0.2, -0.15) is 13.2 Å². The van der Waals surface area contributed by atoms with Gasteiger partial charge in [0.25, 0.3) is 0 Å². The van der Waals surface area contributed by atoms with E-state index >= 15 is 0 Å². The molecule has 2 aromatic heterocycles. The Balaban J connectivity index is 1.89. The summed E-state index contributed by atoms with van der Waals surface area (Å²) in [5.41, 5.74) is 6.62. The van der Waals surface area contributed by atoms with E-state index in [2.05, 4.69) is 9.97 Å². The number of rotatable bonds is 7. The van der Waals surface area contributed by atoms with Crippen LogP contribution in [0.25, 0.3) is 10.9 Å². The molecule has 2 atom stereocenters. The van der Waals surface area contributed by atoms with E-state index in [-0.39, 0.29) is 17.7 Å². The van der Waals surface area contributed by atoms with E-state index in [1.54, 1.807) is 12.4 Å². The Morgan fingerprint density at radius 1 is 1.21 bits per heavy atom. The van der Waals surface area contributed by atoms with E-state index < -0.39 is 29.9 Å². The Hall–Kier alpha value is -2.61. The second-order valence-corrected chi connectivity index (χ2v) is 7.62. The first-order valence-electron chi connectivity index (χ1n) is 9.17. The normalized spacial score (nSPS) is 15.3. The zero-order valence-electron chi connectivity index (χ0n) is 16.2. The average molecular weight is 409 g/mol. The molecular formula is C21H23F4N3O. The summed E-state index contributed by atoms with van der Waals surface area (Å²) in [4.78, 5) is 7.22. The molecule has 0 saturated carbocycles. The number of alkyl halides is 3. The lowest BCUT2D eigenvalue weighted by Gasteiger charge is -2.34. The summed E-state index contributed by atoms with van der Waals surface area (Å²) >= 11 is 0. The summed E-state index contributed by atoms with van der Waals surface area (Å²) < 4.78 is 59.3. The van der Waals surface area contributed by atoms with Crippen molar-refractivity contribution in [2.24, 2.45) is 5.73 Å². The number of aromatic nitrogens is 2. The van der Waals surface area contributed by atoms with Crippen LogP contribution in [0, 0.1) is 5.82 Å². The molecule has 2 heterocycles. The van der Waals surface area contributed by atoms with E-state index in [9.17, 15) is 17.6 Å². The fraction of sp³-hybridized carbons (Fsp3) is 0.381. The van der Waals surface area contributed by atoms with Crippen LogP contribution in [-0.4, -0.2) is 29.3 Å². The second-order valence-electron chi connectivity index (χ2n) is 7.62. The van der Waals surface area contributed by atoms with Crippen molar-refractivity contribution in [1.82, 2.24) is 9.97 Å². The zero-order chi connectivity index (χ0) is 21.2. The van der Waals surface area contributed by atoms with Gasteiger partial charge in [-0.15, -0.1) is 0 Å². The average Bonchev–Trinajstić information content (AvgIpc) is 3.01. The quantitative estimate of drug-likeness (QED) is 0.547. The van der Waals surface area contributed by atoms with Crippen LogP contribution in [-0.2, 0) is 11.8 Å². The Bertz CT molecular complexity index is 952. The molecule has 0 saturated heterocycles. The molecule has 0 radical (unpaired) electrons. The SMILES string of the molecule is COc1ccc(F)cc1C(C)(CC(N)Cc1cc2ccncc2[nH]1)CC(F)(F)F. The zero-order valence-corrected chi connectivity index (χ0v) is 16.2. The van der Waals surface area contributed by atoms with Crippen LogP contribution in [0.1, 0.15) is 31.0 Å². The molecule has 0 aliphatic heterocycles. The molecule has 3 N–H and O–H groups in total. The summed E-state index contributed by atoms with van der Waals surface area (Å²) in [5, 5.41) is 0.951. The number of benzene rings is 1. The van der Waals surface area contributed by atoms with Crippen LogP contribution in [0.3, 0.4) is 0 Å². The predicted molar refractivity (Wildman–Crippen MR) is 103 cm³/mol. The summed E-state index contributed by atoms with van der Waals surface area (Å²) in [6.45, 7) is 1.45. The van der Waals surface area contributed by atoms with Gasteiger partial charge >= 0.3 is 6.18 Å². The summed E-state index contributed by atoms with van der Waals surface area (Å²) in [5.74, 6) is -0.409. The third-order valence-electron chi connectivity index (χ3n) is 5.08. The van der Waals surface area contributed by atoms with Gasteiger partial charge in [0.1, 0.15) is 11.6 Å². The minimum Gasteiger partial charge on any atom is -0.496 e. The predicted octanol–water partition coefficient (Wildman–Crippen LogP) is 4.88. The lowest BCUT2D eigenvalue weighted by atomic mass is 9.73. The van der Waals surface area contributed by atoms with Crippen molar-refractivity contribution in [3.05, 3.63) is 59.8 Å². The summed E-state index contributed by atoms with van der Waals surface area (Å²) in [6, 6.07) is 6.76. The van der Waals surface area contributed by atoms with Gasteiger partial charge in [0.15, 0.2) is 0 Å². The third kappa shape index (κ3) is 5.06. The van der Waals surface area contributed by atoms with Crippen molar-refractivity contribution in [2.75, 3.05) is 7.11 Å². The van der Waals surface area contributed by atoms with Crippen molar-refractivity contribution in [3.63, 3.8) is 0 Å². The van der Waals surface area contributed by atoms with Gasteiger partial charge in [0, 0.05) is 40.7 Å². The molecule has 8 heteroatoms. The van der Waals surface area contributed by atoms with E-state index in [1.165, 1.54) is 20.1 Å². The number of hydrogen-bond acceptors (Lipinski definition) is 3. The van der Waals surface area contributed by atoms with Gasteiger partial charge in [-0.25, -0.2) is 4.39 Å². The first-order valence-corrected chi connectivity index (χ1v) is 9.17. The van der Waals surface area contributed by atoms with E-state index in [4.69, 9.17) is 10.5 Å². The molecule has 0 aliphatic rings.